The molecule has 0 heterocycles. The average molecular weight is 508 g/mol. The van der Waals surface area contributed by atoms with E-state index in [9.17, 15) is 9.13 Å². The Morgan fingerprint density at radius 3 is 1.21 bits per heavy atom. The molecule has 0 aromatic heterocycles. The second kappa shape index (κ2) is 9.98. The maximum Gasteiger partial charge on any atom is 0.334 e. The van der Waals surface area contributed by atoms with E-state index in [2.05, 4.69) is 31.9 Å². The van der Waals surface area contributed by atoms with Crippen molar-refractivity contribution in [1.82, 2.24) is 0 Å². The Kier molecular flexibility index (Phi) is 9.37. The van der Waals surface area contributed by atoms with Crippen LogP contribution in [0.1, 0.15) is 22.3 Å². The van der Waals surface area contributed by atoms with Crippen LogP contribution in [0.4, 0.5) is 0 Å². The third-order valence-corrected chi connectivity index (χ3v) is 8.54. The van der Waals surface area contributed by atoms with Gasteiger partial charge in [0.15, 0.2) is 0 Å². The Morgan fingerprint density at radius 1 is 0.708 bits per heavy atom. The van der Waals surface area contributed by atoms with Crippen molar-refractivity contribution in [2.45, 2.75) is 23.0 Å². The Bertz CT molecular complexity index is 581. The third-order valence-electron chi connectivity index (χ3n) is 3.65. The fourth-order valence-corrected chi connectivity index (χ4v) is 5.44. The SMILES string of the molecule is COP(=O)(Cc1cc(CBr)c(CP(=O)(OC)OC)cc1CBr)OC. The van der Waals surface area contributed by atoms with Crippen LogP contribution in [-0.4, -0.2) is 28.4 Å². The van der Waals surface area contributed by atoms with Gasteiger partial charge in [0.1, 0.15) is 0 Å². The molecule has 0 amide bonds. The van der Waals surface area contributed by atoms with Crippen molar-refractivity contribution in [3.8, 4) is 0 Å². The summed E-state index contributed by atoms with van der Waals surface area (Å²) in [5.41, 5.74) is 3.54. The van der Waals surface area contributed by atoms with Crippen LogP contribution in [0.25, 0.3) is 0 Å². The highest BCUT2D eigenvalue weighted by Gasteiger charge is 2.27. The highest BCUT2D eigenvalue weighted by atomic mass is 79.9. The normalized spacial score (nSPS) is 12.6. The predicted molar refractivity (Wildman–Crippen MR) is 102 cm³/mol. The minimum Gasteiger partial charge on any atom is -0.312 e. The number of alkyl halides is 2. The molecular formula is C14H22Br2O6P2. The molecule has 1 aromatic rings. The Morgan fingerprint density at radius 2 is 1.00 bits per heavy atom. The molecule has 0 unspecified atom stereocenters. The number of rotatable bonds is 10. The van der Waals surface area contributed by atoms with Gasteiger partial charge >= 0.3 is 15.2 Å². The molecule has 0 bridgehead atoms. The molecule has 0 spiro atoms. The molecule has 0 fully saturated rings. The Balaban J connectivity index is 3.32. The van der Waals surface area contributed by atoms with Gasteiger partial charge < -0.3 is 18.1 Å². The van der Waals surface area contributed by atoms with E-state index in [1.165, 1.54) is 28.4 Å². The van der Waals surface area contributed by atoms with E-state index < -0.39 is 15.2 Å². The summed E-state index contributed by atoms with van der Waals surface area (Å²) in [4.78, 5) is 0. The maximum atomic E-state index is 12.4. The number of hydrogen-bond donors (Lipinski definition) is 0. The summed E-state index contributed by atoms with van der Waals surface area (Å²) in [6.07, 6.45) is 0.320. The Labute approximate surface area is 159 Å². The van der Waals surface area contributed by atoms with E-state index in [4.69, 9.17) is 18.1 Å². The lowest BCUT2D eigenvalue weighted by Gasteiger charge is -2.20. The topological polar surface area (TPSA) is 71.1 Å². The minimum atomic E-state index is -3.18. The van der Waals surface area contributed by atoms with Crippen molar-refractivity contribution in [2.24, 2.45) is 0 Å². The van der Waals surface area contributed by atoms with Crippen LogP contribution in [-0.2, 0) is 50.2 Å². The molecule has 0 atom stereocenters. The van der Waals surface area contributed by atoms with Gasteiger partial charge in [0.25, 0.3) is 0 Å². The molecule has 138 valence electrons. The van der Waals surface area contributed by atoms with Crippen molar-refractivity contribution in [3.63, 3.8) is 0 Å². The zero-order valence-corrected chi connectivity index (χ0v) is 19.0. The third kappa shape index (κ3) is 5.75. The summed E-state index contributed by atoms with van der Waals surface area (Å²) in [7, 11) is -0.897. The van der Waals surface area contributed by atoms with Crippen LogP contribution in [0.15, 0.2) is 12.1 Å². The van der Waals surface area contributed by atoms with Crippen LogP contribution in [0.3, 0.4) is 0 Å². The minimum absolute atomic E-state index is 0.160. The maximum absolute atomic E-state index is 12.4. The molecule has 0 aliphatic rings. The van der Waals surface area contributed by atoms with E-state index in [0.29, 0.717) is 10.7 Å². The van der Waals surface area contributed by atoms with Gasteiger partial charge in [-0.1, -0.05) is 44.0 Å². The second-order valence-electron chi connectivity index (χ2n) is 4.93. The van der Waals surface area contributed by atoms with Crippen LogP contribution in [0.2, 0.25) is 0 Å². The average Bonchev–Trinajstić information content (AvgIpc) is 2.62. The quantitative estimate of drug-likeness (QED) is 0.310. The molecule has 1 rings (SSSR count). The molecule has 1 aromatic carbocycles. The lowest BCUT2D eigenvalue weighted by molar-refractivity contribution is 0.273. The van der Waals surface area contributed by atoms with Crippen molar-refractivity contribution in [3.05, 3.63) is 34.4 Å². The van der Waals surface area contributed by atoms with Gasteiger partial charge in [0, 0.05) is 39.1 Å². The molecule has 0 saturated heterocycles. The van der Waals surface area contributed by atoms with Crippen molar-refractivity contribution < 1.29 is 27.2 Å². The summed E-state index contributed by atoms with van der Waals surface area (Å²) in [5.74, 6) is 0. The van der Waals surface area contributed by atoms with Crippen LogP contribution in [0.5, 0.6) is 0 Å². The molecular weight excluding hydrogens is 486 g/mol. The summed E-state index contributed by atoms with van der Waals surface area (Å²) in [6, 6.07) is 3.84. The highest BCUT2D eigenvalue weighted by Crippen LogP contribution is 2.52. The predicted octanol–water partition coefficient (Wildman–Crippen LogP) is 5.45. The smallest absolute Gasteiger partial charge is 0.312 e. The lowest BCUT2D eigenvalue weighted by atomic mass is 10.0. The number of halogens is 2. The first-order chi connectivity index (χ1) is 11.3. The zero-order valence-electron chi connectivity index (χ0n) is 14.1. The van der Waals surface area contributed by atoms with Crippen molar-refractivity contribution >= 4 is 47.1 Å². The molecule has 0 radical (unpaired) electrons. The van der Waals surface area contributed by atoms with Crippen molar-refractivity contribution in [1.29, 1.82) is 0 Å². The zero-order chi connectivity index (χ0) is 18.4. The fourth-order valence-electron chi connectivity index (χ4n) is 2.16. The standard InChI is InChI=1S/C14H22Br2O6P2/c1-19-23(17,20-2)9-13-5-12(8-16)14(6-11(13)7-15)10-24(18,21-3)22-4/h5-6H,7-10H2,1-4H3. The van der Waals surface area contributed by atoms with Gasteiger partial charge in [-0.2, -0.15) is 0 Å². The summed E-state index contributed by atoms with van der Waals surface area (Å²) >= 11 is 6.88. The van der Waals surface area contributed by atoms with Crippen LogP contribution >= 0.6 is 47.1 Å². The number of hydrogen-bond acceptors (Lipinski definition) is 6. The first-order valence-corrected chi connectivity index (χ1v) is 12.7. The van der Waals surface area contributed by atoms with E-state index >= 15 is 0 Å². The van der Waals surface area contributed by atoms with Gasteiger partial charge in [0.05, 0.1) is 12.3 Å². The fraction of sp³-hybridized carbons (Fsp3) is 0.571. The molecule has 24 heavy (non-hydrogen) atoms. The monoisotopic (exact) mass is 506 g/mol. The van der Waals surface area contributed by atoms with Gasteiger partial charge in [0.2, 0.25) is 0 Å². The molecule has 0 saturated carbocycles. The van der Waals surface area contributed by atoms with Gasteiger partial charge in [-0.15, -0.1) is 0 Å². The summed E-state index contributed by atoms with van der Waals surface area (Å²) in [5, 5.41) is 1.10. The van der Waals surface area contributed by atoms with E-state index in [1.807, 2.05) is 12.1 Å². The summed E-state index contributed by atoms with van der Waals surface area (Å²) < 4.78 is 45.0. The van der Waals surface area contributed by atoms with E-state index in [-0.39, 0.29) is 12.3 Å². The number of benzene rings is 1. The first-order valence-electron chi connectivity index (χ1n) is 6.96. The highest BCUT2D eigenvalue weighted by molar-refractivity contribution is 9.08. The van der Waals surface area contributed by atoms with Crippen molar-refractivity contribution in [2.75, 3.05) is 28.4 Å². The van der Waals surface area contributed by atoms with Gasteiger partial charge in [-0.05, 0) is 22.3 Å². The van der Waals surface area contributed by atoms with E-state index in [1.54, 1.807) is 0 Å². The first kappa shape index (κ1) is 22.5. The molecule has 0 N–H and O–H groups in total. The van der Waals surface area contributed by atoms with Crippen LogP contribution in [0, 0.1) is 0 Å². The largest absolute Gasteiger partial charge is 0.334 e. The summed E-state index contributed by atoms with van der Waals surface area (Å²) in [6.45, 7) is 0. The van der Waals surface area contributed by atoms with Gasteiger partial charge in [-0.3, -0.25) is 9.13 Å². The lowest BCUT2D eigenvalue weighted by Crippen LogP contribution is -2.03. The second-order valence-corrected chi connectivity index (χ2v) is 10.6. The Hall–Kier alpha value is 0.480. The molecule has 0 aliphatic carbocycles. The van der Waals surface area contributed by atoms with Gasteiger partial charge in [-0.25, -0.2) is 0 Å². The molecule has 0 aliphatic heterocycles. The molecule has 10 heteroatoms. The van der Waals surface area contributed by atoms with E-state index in [0.717, 1.165) is 22.3 Å². The van der Waals surface area contributed by atoms with Crippen LogP contribution < -0.4 is 0 Å². The molecule has 6 nitrogen and oxygen atoms in total.